The smallest absolute Gasteiger partial charge is 0.258 e. The van der Waals surface area contributed by atoms with Crippen LogP contribution in [0.5, 0.6) is 0 Å². The third-order valence-corrected chi connectivity index (χ3v) is 6.00. The zero-order valence-corrected chi connectivity index (χ0v) is 21.6. The molecule has 1 aliphatic rings. The Kier molecular flexibility index (Phi) is 9.67. The highest BCUT2D eigenvalue weighted by molar-refractivity contribution is 6.30. The first kappa shape index (κ1) is 27.0. The summed E-state index contributed by atoms with van der Waals surface area (Å²) in [5.41, 5.74) is 1.81. The molecule has 3 amide bonds. The normalized spacial score (nSPS) is 12.8. The molecule has 1 aliphatic heterocycles. The van der Waals surface area contributed by atoms with Gasteiger partial charge in [-0.05, 0) is 68.6 Å². The molecule has 36 heavy (non-hydrogen) atoms. The number of halogens is 1. The molecule has 1 heterocycles. The van der Waals surface area contributed by atoms with Gasteiger partial charge in [-0.25, -0.2) is 0 Å². The average Bonchev–Trinajstić information content (AvgIpc) is 2.88. The molecule has 2 aromatic rings. The number of allylic oxidation sites excluding steroid dienone is 2. The van der Waals surface area contributed by atoms with Crippen molar-refractivity contribution >= 4 is 40.7 Å². The number of carbonyl (C=O) groups excluding carboxylic acids is 3. The Bertz CT molecular complexity index is 1160. The first-order valence-electron chi connectivity index (χ1n) is 11.9. The van der Waals surface area contributed by atoms with Crippen LogP contribution in [0.3, 0.4) is 0 Å². The van der Waals surface area contributed by atoms with E-state index < -0.39 is 0 Å². The topological polar surface area (TPSA) is 93.8 Å². The number of unbranched alkanes of at least 4 members (excludes halogenated alkanes) is 1. The van der Waals surface area contributed by atoms with Crippen LogP contribution in [0.2, 0.25) is 0 Å². The quantitative estimate of drug-likeness (QED) is 0.451. The Labute approximate surface area is 217 Å². The van der Waals surface area contributed by atoms with Crippen LogP contribution < -0.4 is 20.9 Å². The molecule has 190 valence electrons. The Balaban J connectivity index is 1.64. The molecule has 0 unspecified atom stereocenters. The number of rotatable bonds is 10. The molecule has 0 spiro atoms. The largest absolute Gasteiger partial charge is 0.367 e. The molecule has 3 rings (SSSR count). The predicted molar refractivity (Wildman–Crippen MR) is 144 cm³/mol. The maximum atomic E-state index is 12.9. The highest BCUT2D eigenvalue weighted by Gasteiger charge is 2.17. The Morgan fingerprint density at radius 2 is 1.69 bits per heavy atom. The molecule has 9 heteroatoms. The lowest BCUT2D eigenvalue weighted by Crippen LogP contribution is -2.37. The van der Waals surface area contributed by atoms with E-state index in [2.05, 4.69) is 22.9 Å². The third-order valence-electron chi connectivity index (χ3n) is 5.74. The number of para-hydroxylation sites is 1. The molecule has 0 radical (unpaired) electrons. The molecule has 0 fully saturated rings. The van der Waals surface area contributed by atoms with Crippen molar-refractivity contribution in [3.63, 3.8) is 0 Å². The summed E-state index contributed by atoms with van der Waals surface area (Å²) in [5.74, 6) is -0.224. The van der Waals surface area contributed by atoms with E-state index in [9.17, 15) is 14.4 Å². The van der Waals surface area contributed by atoms with Crippen LogP contribution in [0.25, 0.3) is 0 Å². The van der Waals surface area contributed by atoms with E-state index in [0.29, 0.717) is 46.4 Å². The maximum Gasteiger partial charge on any atom is 0.258 e. The zero-order valence-electron chi connectivity index (χ0n) is 20.8. The first-order chi connectivity index (χ1) is 17.3. The van der Waals surface area contributed by atoms with E-state index in [1.165, 1.54) is 0 Å². The fraction of sp³-hybridized carbons (Fsp3) is 0.296. The van der Waals surface area contributed by atoms with Gasteiger partial charge in [0.2, 0.25) is 5.91 Å². The van der Waals surface area contributed by atoms with E-state index in [0.717, 1.165) is 19.4 Å². The summed E-state index contributed by atoms with van der Waals surface area (Å²) in [6, 6.07) is 13.6. The summed E-state index contributed by atoms with van der Waals surface area (Å²) in [7, 11) is 3.66. The third kappa shape index (κ3) is 7.44. The van der Waals surface area contributed by atoms with Crippen molar-refractivity contribution < 1.29 is 14.4 Å². The number of amides is 3. The molecule has 8 nitrogen and oxygen atoms in total. The molecule has 0 aromatic heterocycles. The predicted octanol–water partition coefficient (Wildman–Crippen LogP) is 3.93. The second-order valence-corrected chi connectivity index (χ2v) is 9.08. The SMILES string of the molecule is CCCCN(C)CC(=O)N(C)c1ccc(C(=O)Nc2ccccc2C(=O)NC2=CC=C(Cl)CN2)cc1. The Morgan fingerprint density at radius 3 is 2.36 bits per heavy atom. The summed E-state index contributed by atoms with van der Waals surface area (Å²) in [5, 5.41) is 9.24. The van der Waals surface area contributed by atoms with E-state index in [4.69, 9.17) is 11.6 Å². The summed E-state index contributed by atoms with van der Waals surface area (Å²) in [6.45, 7) is 3.74. The van der Waals surface area contributed by atoms with Gasteiger partial charge in [-0.15, -0.1) is 0 Å². The molecule has 2 aromatic carbocycles. The highest BCUT2D eigenvalue weighted by Crippen LogP contribution is 2.19. The van der Waals surface area contributed by atoms with Crippen molar-refractivity contribution in [1.82, 2.24) is 15.5 Å². The van der Waals surface area contributed by atoms with Crippen molar-refractivity contribution in [3.8, 4) is 0 Å². The van der Waals surface area contributed by atoms with Crippen LogP contribution in [0.4, 0.5) is 11.4 Å². The molecule has 0 bridgehead atoms. The van der Waals surface area contributed by atoms with Gasteiger partial charge < -0.3 is 20.9 Å². The van der Waals surface area contributed by atoms with Gasteiger partial charge in [0.1, 0.15) is 5.82 Å². The van der Waals surface area contributed by atoms with Gasteiger partial charge >= 0.3 is 0 Å². The zero-order chi connectivity index (χ0) is 26.1. The summed E-state index contributed by atoms with van der Waals surface area (Å²) in [4.78, 5) is 41.9. The van der Waals surface area contributed by atoms with Gasteiger partial charge in [-0.2, -0.15) is 0 Å². The van der Waals surface area contributed by atoms with Gasteiger partial charge in [0.15, 0.2) is 0 Å². The lowest BCUT2D eigenvalue weighted by atomic mass is 10.1. The van der Waals surface area contributed by atoms with E-state index in [-0.39, 0.29) is 17.7 Å². The number of dihydropyridines is 1. The Hall–Kier alpha value is -3.62. The fourth-order valence-corrected chi connectivity index (χ4v) is 3.69. The highest BCUT2D eigenvalue weighted by atomic mass is 35.5. The summed E-state index contributed by atoms with van der Waals surface area (Å²) < 4.78 is 0. The van der Waals surface area contributed by atoms with Crippen molar-refractivity contribution in [1.29, 1.82) is 0 Å². The molecule has 0 saturated carbocycles. The number of nitrogens with zero attached hydrogens (tertiary/aromatic N) is 2. The van der Waals surface area contributed by atoms with Crippen molar-refractivity contribution in [2.75, 3.05) is 43.9 Å². The Morgan fingerprint density at radius 1 is 0.972 bits per heavy atom. The number of anilines is 2. The second kappa shape index (κ2) is 12.9. The minimum absolute atomic E-state index is 0.0222. The lowest BCUT2D eigenvalue weighted by Gasteiger charge is -2.22. The van der Waals surface area contributed by atoms with Crippen LogP contribution in [0.15, 0.2) is 71.5 Å². The van der Waals surface area contributed by atoms with Crippen LogP contribution in [-0.2, 0) is 4.79 Å². The van der Waals surface area contributed by atoms with Gasteiger partial charge in [0, 0.05) is 23.3 Å². The minimum Gasteiger partial charge on any atom is -0.367 e. The monoisotopic (exact) mass is 509 g/mol. The number of likely N-dealkylation sites (N-methyl/N-ethyl adjacent to an activating group) is 2. The molecule has 0 saturated heterocycles. The molecular formula is C27H32ClN5O3. The number of carbonyl (C=O) groups is 3. The van der Waals surface area contributed by atoms with Crippen LogP contribution >= 0.6 is 11.6 Å². The van der Waals surface area contributed by atoms with Crippen molar-refractivity contribution in [2.24, 2.45) is 0 Å². The molecule has 3 N–H and O–H groups in total. The van der Waals surface area contributed by atoms with Gasteiger partial charge in [0.05, 0.1) is 24.3 Å². The maximum absolute atomic E-state index is 12.9. The van der Waals surface area contributed by atoms with Gasteiger partial charge in [-0.3, -0.25) is 19.3 Å². The van der Waals surface area contributed by atoms with E-state index in [1.807, 2.05) is 11.9 Å². The molecule has 0 aliphatic carbocycles. The van der Waals surface area contributed by atoms with Gasteiger partial charge in [0.25, 0.3) is 11.8 Å². The second-order valence-electron chi connectivity index (χ2n) is 8.59. The molecule has 0 atom stereocenters. The number of hydrogen-bond acceptors (Lipinski definition) is 5. The number of nitrogens with one attached hydrogen (secondary N) is 3. The summed E-state index contributed by atoms with van der Waals surface area (Å²) in [6.07, 6.45) is 5.51. The number of hydrogen-bond donors (Lipinski definition) is 3. The standard InChI is InChI=1S/C27H32ClN5O3/c1-4-5-16-32(2)18-25(34)33(3)21-13-10-19(11-14-21)26(35)30-23-9-7-6-8-22(23)27(36)31-24-15-12-20(28)17-29-24/h6-15,29H,4-5,16-18H2,1-3H3,(H,30,35)(H,31,36). The van der Waals surface area contributed by atoms with Crippen LogP contribution in [-0.4, -0.2) is 56.4 Å². The number of benzene rings is 2. The van der Waals surface area contributed by atoms with Crippen molar-refractivity contribution in [2.45, 2.75) is 19.8 Å². The minimum atomic E-state index is -0.365. The average molecular weight is 510 g/mol. The van der Waals surface area contributed by atoms with Crippen LogP contribution in [0, 0.1) is 0 Å². The van der Waals surface area contributed by atoms with Crippen molar-refractivity contribution in [3.05, 3.63) is 82.7 Å². The fourth-order valence-electron chi connectivity index (χ4n) is 3.56. The van der Waals surface area contributed by atoms with E-state index in [1.54, 1.807) is 72.6 Å². The van der Waals surface area contributed by atoms with Crippen LogP contribution in [0.1, 0.15) is 40.5 Å². The lowest BCUT2D eigenvalue weighted by molar-refractivity contribution is -0.119. The summed E-state index contributed by atoms with van der Waals surface area (Å²) >= 11 is 5.93. The first-order valence-corrected chi connectivity index (χ1v) is 12.2. The van der Waals surface area contributed by atoms with Gasteiger partial charge in [-0.1, -0.05) is 37.1 Å². The van der Waals surface area contributed by atoms with E-state index >= 15 is 0 Å². The molecular weight excluding hydrogens is 478 g/mol.